The van der Waals surface area contributed by atoms with Crippen molar-refractivity contribution >= 4 is 35.0 Å². The summed E-state index contributed by atoms with van der Waals surface area (Å²) in [5.74, 6) is -2.18. The van der Waals surface area contributed by atoms with Crippen LogP contribution in [0, 0.1) is 12.7 Å². The number of hydrogen-bond donors (Lipinski definition) is 0. The number of halogens is 3. The second-order valence-corrected chi connectivity index (χ2v) is 4.13. The number of Topliss-reactive ketones (excluding diaryl/α,β-unsaturated/α-hetero) is 1. The Morgan fingerprint density at radius 3 is 2.50 bits per heavy atom. The zero-order valence-electron chi connectivity index (χ0n) is 9.72. The Labute approximate surface area is 113 Å². The average Bonchev–Trinajstić information content (AvgIpc) is 2.26. The topological polar surface area (TPSA) is 56.3 Å². The highest BCUT2D eigenvalue weighted by molar-refractivity contribution is 6.35. The molecule has 0 amide bonds. The second-order valence-electron chi connectivity index (χ2n) is 3.41. The molecule has 0 radical (unpaired) electrons. The summed E-state index contributed by atoms with van der Waals surface area (Å²) in [4.78, 5) is 26.5. The van der Waals surface area contributed by atoms with Crippen LogP contribution in [-0.4, -0.2) is 23.3 Å². The van der Waals surface area contributed by atoms with Crippen LogP contribution >= 0.6 is 23.2 Å². The number of ether oxygens (including phenoxy) is 1. The lowest BCUT2D eigenvalue weighted by Gasteiger charge is -2.08. The number of esters is 1. The van der Waals surface area contributed by atoms with Gasteiger partial charge in [0.2, 0.25) is 0 Å². The highest BCUT2D eigenvalue weighted by Crippen LogP contribution is 2.26. The summed E-state index contributed by atoms with van der Waals surface area (Å²) in [6.07, 6.45) is -0.517. The lowest BCUT2D eigenvalue weighted by atomic mass is 10.1. The van der Waals surface area contributed by atoms with Crippen molar-refractivity contribution in [2.75, 3.05) is 6.61 Å². The van der Waals surface area contributed by atoms with Gasteiger partial charge in [-0.1, -0.05) is 23.2 Å². The Balaban J connectivity index is 3.07. The summed E-state index contributed by atoms with van der Waals surface area (Å²) in [7, 11) is 0. The first-order chi connectivity index (χ1) is 8.38. The van der Waals surface area contributed by atoms with Crippen molar-refractivity contribution in [3.8, 4) is 0 Å². The smallest absolute Gasteiger partial charge is 0.313 e. The van der Waals surface area contributed by atoms with Gasteiger partial charge in [0.25, 0.3) is 0 Å². The fraction of sp³-hybridized carbons (Fsp3) is 0.364. The van der Waals surface area contributed by atoms with Crippen molar-refractivity contribution < 1.29 is 18.7 Å². The maximum Gasteiger partial charge on any atom is 0.313 e. The monoisotopic (exact) mass is 293 g/mol. The maximum absolute atomic E-state index is 13.5. The summed E-state index contributed by atoms with van der Waals surface area (Å²) in [5.41, 5.74) is -0.180. The minimum absolute atomic E-state index is 0.0331. The van der Waals surface area contributed by atoms with E-state index < -0.39 is 29.1 Å². The molecule has 0 saturated carbocycles. The standard InChI is InChI=1S/C11H10Cl2FNO3/c1-3-18-7(17)4-6(16)8-5(2)9(14)11(13)15-10(8)12/h3-4H2,1-2H3. The highest BCUT2D eigenvalue weighted by Gasteiger charge is 2.22. The lowest BCUT2D eigenvalue weighted by molar-refractivity contribution is -0.141. The molecule has 0 atom stereocenters. The Morgan fingerprint density at radius 2 is 1.94 bits per heavy atom. The zero-order chi connectivity index (χ0) is 13.9. The van der Waals surface area contributed by atoms with Crippen LogP contribution < -0.4 is 0 Å². The first-order valence-electron chi connectivity index (χ1n) is 5.08. The predicted octanol–water partition coefficient (Wildman–Crippen LogP) is 2.97. The molecule has 0 bridgehead atoms. The molecule has 0 aliphatic heterocycles. The molecule has 18 heavy (non-hydrogen) atoms. The van der Waals surface area contributed by atoms with Crippen molar-refractivity contribution in [3.63, 3.8) is 0 Å². The number of nitrogens with zero attached hydrogens (tertiary/aromatic N) is 1. The highest BCUT2D eigenvalue weighted by atomic mass is 35.5. The van der Waals surface area contributed by atoms with E-state index in [0.717, 1.165) is 0 Å². The molecule has 0 unspecified atom stereocenters. The van der Waals surface area contributed by atoms with E-state index in [1.54, 1.807) is 6.92 Å². The van der Waals surface area contributed by atoms with Crippen LogP contribution in [0.15, 0.2) is 0 Å². The second kappa shape index (κ2) is 6.11. The first kappa shape index (κ1) is 14.9. The van der Waals surface area contributed by atoms with Gasteiger partial charge in [-0.3, -0.25) is 9.59 Å². The van der Waals surface area contributed by atoms with Gasteiger partial charge < -0.3 is 4.74 Å². The average molecular weight is 294 g/mol. The fourth-order valence-electron chi connectivity index (χ4n) is 1.37. The summed E-state index contributed by atoms with van der Waals surface area (Å²) in [6, 6.07) is 0. The molecule has 4 nitrogen and oxygen atoms in total. The van der Waals surface area contributed by atoms with Crippen LogP contribution in [0.5, 0.6) is 0 Å². The molecule has 1 aromatic heterocycles. The summed E-state index contributed by atoms with van der Waals surface area (Å²) in [6.45, 7) is 3.11. The number of aromatic nitrogens is 1. The molecule has 1 heterocycles. The van der Waals surface area contributed by atoms with Gasteiger partial charge in [0.05, 0.1) is 12.2 Å². The van der Waals surface area contributed by atoms with Crippen LogP contribution in [0.2, 0.25) is 10.3 Å². The summed E-state index contributed by atoms with van der Waals surface area (Å²) >= 11 is 11.2. The van der Waals surface area contributed by atoms with E-state index in [0.29, 0.717) is 0 Å². The number of carbonyl (C=O) groups is 2. The van der Waals surface area contributed by atoms with E-state index in [9.17, 15) is 14.0 Å². The van der Waals surface area contributed by atoms with E-state index in [1.165, 1.54) is 6.92 Å². The molecule has 0 aliphatic carbocycles. The number of carbonyl (C=O) groups excluding carboxylic acids is 2. The molecule has 0 aromatic carbocycles. The SMILES string of the molecule is CCOC(=O)CC(=O)c1c(Cl)nc(Cl)c(F)c1C. The lowest BCUT2D eigenvalue weighted by Crippen LogP contribution is -2.14. The van der Waals surface area contributed by atoms with E-state index in [-0.39, 0.29) is 22.9 Å². The minimum Gasteiger partial charge on any atom is -0.466 e. The van der Waals surface area contributed by atoms with E-state index in [2.05, 4.69) is 9.72 Å². The molecule has 1 rings (SSSR count). The van der Waals surface area contributed by atoms with Crippen molar-refractivity contribution in [1.29, 1.82) is 0 Å². The number of rotatable bonds is 4. The molecule has 0 fully saturated rings. The third kappa shape index (κ3) is 3.17. The van der Waals surface area contributed by atoms with Gasteiger partial charge in [0.15, 0.2) is 16.8 Å². The quantitative estimate of drug-likeness (QED) is 0.371. The molecule has 7 heteroatoms. The molecule has 0 aliphatic rings. The van der Waals surface area contributed by atoms with Crippen LogP contribution in [-0.2, 0) is 9.53 Å². The first-order valence-corrected chi connectivity index (χ1v) is 5.84. The molecular weight excluding hydrogens is 284 g/mol. The Hall–Kier alpha value is -1.20. The number of pyridine rings is 1. The predicted molar refractivity (Wildman–Crippen MR) is 64.5 cm³/mol. The number of ketones is 1. The fourth-order valence-corrected chi connectivity index (χ4v) is 1.97. The van der Waals surface area contributed by atoms with Gasteiger partial charge in [0, 0.05) is 5.56 Å². The number of hydrogen-bond acceptors (Lipinski definition) is 4. The van der Waals surface area contributed by atoms with Gasteiger partial charge in [-0.25, -0.2) is 9.37 Å². The van der Waals surface area contributed by atoms with Crippen LogP contribution in [0.4, 0.5) is 4.39 Å². The zero-order valence-corrected chi connectivity index (χ0v) is 11.2. The Bertz CT molecular complexity index is 506. The van der Waals surface area contributed by atoms with Crippen molar-refractivity contribution in [3.05, 3.63) is 27.3 Å². The third-order valence-electron chi connectivity index (χ3n) is 2.18. The Morgan fingerprint density at radius 1 is 1.33 bits per heavy atom. The minimum atomic E-state index is -0.826. The van der Waals surface area contributed by atoms with Gasteiger partial charge in [0.1, 0.15) is 11.6 Å². The molecule has 0 saturated heterocycles. The largest absolute Gasteiger partial charge is 0.466 e. The molecular formula is C11H10Cl2FNO3. The summed E-state index contributed by atoms with van der Waals surface area (Å²) < 4.78 is 18.1. The maximum atomic E-state index is 13.5. The Kier molecular flexibility index (Phi) is 5.04. The van der Waals surface area contributed by atoms with Crippen molar-refractivity contribution in [1.82, 2.24) is 4.98 Å². The molecule has 98 valence electrons. The van der Waals surface area contributed by atoms with Gasteiger partial charge in [-0.2, -0.15) is 0 Å². The normalized spacial score (nSPS) is 10.3. The van der Waals surface area contributed by atoms with Crippen LogP contribution in [0.25, 0.3) is 0 Å². The molecule has 1 aromatic rings. The van der Waals surface area contributed by atoms with Crippen molar-refractivity contribution in [2.45, 2.75) is 20.3 Å². The molecule has 0 spiro atoms. The van der Waals surface area contributed by atoms with E-state index >= 15 is 0 Å². The van der Waals surface area contributed by atoms with Gasteiger partial charge in [-0.05, 0) is 13.8 Å². The van der Waals surface area contributed by atoms with Gasteiger partial charge >= 0.3 is 5.97 Å². The van der Waals surface area contributed by atoms with Crippen molar-refractivity contribution in [2.24, 2.45) is 0 Å². The third-order valence-corrected chi connectivity index (χ3v) is 2.70. The van der Waals surface area contributed by atoms with E-state index in [4.69, 9.17) is 23.2 Å². The van der Waals surface area contributed by atoms with Gasteiger partial charge in [-0.15, -0.1) is 0 Å². The molecule has 0 N–H and O–H groups in total. The summed E-state index contributed by atoms with van der Waals surface area (Å²) in [5, 5.41) is -0.640. The van der Waals surface area contributed by atoms with Crippen LogP contribution in [0.1, 0.15) is 29.3 Å². The van der Waals surface area contributed by atoms with Crippen LogP contribution in [0.3, 0.4) is 0 Å². The van der Waals surface area contributed by atoms with E-state index in [1.807, 2.05) is 0 Å².